The van der Waals surface area contributed by atoms with Gasteiger partial charge < -0.3 is 18.9 Å². The van der Waals surface area contributed by atoms with E-state index in [1.807, 2.05) is 30.3 Å². The Hall–Kier alpha value is -2.95. The van der Waals surface area contributed by atoms with Crippen LogP contribution in [0.1, 0.15) is 11.1 Å². The Morgan fingerprint density at radius 2 is 1.48 bits per heavy atom. The molecular formula is C20H21NO4. The highest BCUT2D eigenvalue weighted by Gasteiger charge is 2.21. The summed E-state index contributed by atoms with van der Waals surface area (Å²) in [6, 6.07) is 13.9. The van der Waals surface area contributed by atoms with Crippen molar-refractivity contribution >= 4 is 10.8 Å². The molecule has 25 heavy (non-hydrogen) atoms. The molecule has 0 radical (unpaired) electrons. The van der Waals surface area contributed by atoms with Gasteiger partial charge in [0.15, 0.2) is 11.5 Å². The van der Waals surface area contributed by atoms with Crippen LogP contribution < -0.4 is 18.9 Å². The van der Waals surface area contributed by atoms with Crippen LogP contribution in [0.5, 0.6) is 23.3 Å². The summed E-state index contributed by atoms with van der Waals surface area (Å²) in [5.74, 6) is 2.30. The first-order valence-electron chi connectivity index (χ1n) is 7.93. The SMILES string of the molecule is COc1ccc2c(OC)nc(OC)c(Cc3ccccc3)c2c1OC. The lowest BCUT2D eigenvalue weighted by Crippen LogP contribution is -2.03. The minimum absolute atomic E-state index is 0.490. The number of fused-ring (bicyclic) bond motifs is 1. The zero-order valence-corrected chi connectivity index (χ0v) is 14.8. The average molecular weight is 339 g/mol. The first-order valence-corrected chi connectivity index (χ1v) is 7.93. The lowest BCUT2D eigenvalue weighted by atomic mass is 9.98. The molecule has 0 saturated heterocycles. The van der Waals surface area contributed by atoms with E-state index in [0.717, 1.165) is 21.9 Å². The Kier molecular flexibility index (Phi) is 4.93. The van der Waals surface area contributed by atoms with Gasteiger partial charge in [-0.05, 0) is 17.7 Å². The quantitative estimate of drug-likeness (QED) is 0.682. The predicted octanol–water partition coefficient (Wildman–Crippen LogP) is 3.86. The minimum atomic E-state index is 0.490. The number of pyridine rings is 1. The molecule has 0 aliphatic heterocycles. The Balaban J connectivity index is 2.35. The van der Waals surface area contributed by atoms with Crippen molar-refractivity contribution in [1.29, 1.82) is 0 Å². The van der Waals surface area contributed by atoms with Gasteiger partial charge in [0, 0.05) is 22.8 Å². The van der Waals surface area contributed by atoms with Crippen LogP contribution in [0.25, 0.3) is 10.8 Å². The second-order valence-corrected chi connectivity index (χ2v) is 5.49. The molecule has 0 unspecified atom stereocenters. The van der Waals surface area contributed by atoms with Crippen LogP contribution in [0.4, 0.5) is 0 Å². The molecule has 130 valence electrons. The number of hydrogen-bond acceptors (Lipinski definition) is 5. The molecule has 0 saturated carbocycles. The Bertz CT molecular complexity index is 878. The third-order valence-corrected chi connectivity index (χ3v) is 4.15. The van der Waals surface area contributed by atoms with E-state index in [1.165, 1.54) is 0 Å². The summed E-state index contributed by atoms with van der Waals surface area (Å²) in [6.45, 7) is 0. The number of ether oxygens (including phenoxy) is 4. The maximum Gasteiger partial charge on any atom is 0.224 e. The van der Waals surface area contributed by atoms with E-state index in [0.29, 0.717) is 29.7 Å². The zero-order valence-electron chi connectivity index (χ0n) is 14.8. The summed E-state index contributed by atoms with van der Waals surface area (Å²) in [4.78, 5) is 4.52. The van der Waals surface area contributed by atoms with E-state index in [9.17, 15) is 0 Å². The second-order valence-electron chi connectivity index (χ2n) is 5.49. The minimum Gasteiger partial charge on any atom is -0.493 e. The molecule has 2 aromatic carbocycles. The van der Waals surface area contributed by atoms with Crippen molar-refractivity contribution in [2.24, 2.45) is 0 Å². The smallest absolute Gasteiger partial charge is 0.224 e. The summed E-state index contributed by atoms with van der Waals surface area (Å²) in [5, 5.41) is 1.74. The fourth-order valence-corrected chi connectivity index (χ4v) is 3.02. The predicted molar refractivity (Wildman–Crippen MR) is 97.2 cm³/mol. The van der Waals surface area contributed by atoms with E-state index in [-0.39, 0.29) is 0 Å². The Labute approximate surface area is 147 Å². The number of methoxy groups -OCH3 is 4. The van der Waals surface area contributed by atoms with Crippen LogP contribution in [0.3, 0.4) is 0 Å². The van der Waals surface area contributed by atoms with E-state index in [4.69, 9.17) is 18.9 Å². The third kappa shape index (κ3) is 3.05. The molecule has 0 aliphatic carbocycles. The number of nitrogens with zero attached hydrogens (tertiary/aromatic N) is 1. The molecule has 0 bridgehead atoms. The lowest BCUT2D eigenvalue weighted by molar-refractivity contribution is 0.354. The number of benzene rings is 2. The van der Waals surface area contributed by atoms with Crippen molar-refractivity contribution in [3.05, 3.63) is 53.6 Å². The van der Waals surface area contributed by atoms with E-state index in [2.05, 4.69) is 17.1 Å². The molecule has 0 spiro atoms. The van der Waals surface area contributed by atoms with Crippen LogP contribution in [0, 0.1) is 0 Å². The topological polar surface area (TPSA) is 49.8 Å². The van der Waals surface area contributed by atoms with Crippen LogP contribution >= 0.6 is 0 Å². The normalized spacial score (nSPS) is 10.6. The molecule has 0 atom stereocenters. The Morgan fingerprint density at radius 3 is 2.08 bits per heavy atom. The molecule has 0 fully saturated rings. The molecule has 3 rings (SSSR count). The fraction of sp³-hybridized carbons (Fsp3) is 0.250. The van der Waals surface area contributed by atoms with Gasteiger partial charge in [-0.15, -0.1) is 0 Å². The first kappa shape index (κ1) is 16.9. The largest absolute Gasteiger partial charge is 0.493 e. The second kappa shape index (κ2) is 7.30. The van der Waals surface area contributed by atoms with Gasteiger partial charge in [0.25, 0.3) is 0 Å². The van der Waals surface area contributed by atoms with E-state index in [1.54, 1.807) is 28.4 Å². The maximum absolute atomic E-state index is 5.66. The maximum atomic E-state index is 5.66. The number of rotatable bonds is 6. The molecular weight excluding hydrogens is 318 g/mol. The van der Waals surface area contributed by atoms with Crippen LogP contribution in [0.15, 0.2) is 42.5 Å². The standard InChI is InChI=1S/C20H21NO4/c1-22-16-11-10-14-17(18(16)23-2)15(12-13-8-6-5-7-9-13)20(25-4)21-19(14)24-3/h5-11H,12H2,1-4H3. The highest BCUT2D eigenvalue weighted by molar-refractivity contribution is 5.98. The van der Waals surface area contributed by atoms with Crippen molar-refractivity contribution in [3.8, 4) is 23.3 Å². The molecule has 5 nitrogen and oxygen atoms in total. The molecule has 0 amide bonds. The van der Waals surface area contributed by atoms with Gasteiger partial charge >= 0.3 is 0 Å². The molecule has 3 aromatic rings. The fourth-order valence-electron chi connectivity index (χ4n) is 3.02. The van der Waals surface area contributed by atoms with Gasteiger partial charge in [-0.2, -0.15) is 4.98 Å². The molecule has 0 N–H and O–H groups in total. The monoisotopic (exact) mass is 339 g/mol. The van der Waals surface area contributed by atoms with Gasteiger partial charge in [-0.25, -0.2) is 0 Å². The van der Waals surface area contributed by atoms with Gasteiger partial charge in [-0.1, -0.05) is 30.3 Å². The average Bonchev–Trinajstić information content (AvgIpc) is 2.67. The first-order chi connectivity index (χ1) is 12.2. The summed E-state index contributed by atoms with van der Waals surface area (Å²) in [7, 11) is 6.45. The summed E-state index contributed by atoms with van der Waals surface area (Å²) < 4.78 is 22.1. The highest BCUT2D eigenvalue weighted by Crippen LogP contribution is 2.43. The zero-order chi connectivity index (χ0) is 17.8. The van der Waals surface area contributed by atoms with Crippen LogP contribution in [-0.2, 0) is 6.42 Å². The summed E-state index contributed by atoms with van der Waals surface area (Å²) in [6.07, 6.45) is 0.654. The molecule has 1 aromatic heterocycles. The molecule has 1 heterocycles. The van der Waals surface area contributed by atoms with Crippen molar-refractivity contribution in [1.82, 2.24) is 4.98 Å². The van der Waals surface area contributed by atoms with Crippen molar-refractivity contribution in [3.63, 3.8) is 0 Å². The highest BCUT2D eigenvalue weighted by atomic mass is 16.5. The van der Waals surface area contributed by atoms with Gasteiger partial charge in [0.2, 0.25) is 11.8 Å². The summed E-state index contributed by atoms with van der Waals surface area (Å²) in [5.41, 5.74) is 2.08. The Morgan fingerprint density at radius 1 is 0.760 bits per heavy atom. The number of aromatic nitrogens is 1. The van der Waals surface area contributed by atoms with E-state index >= 15 is 0 Å². The van der Waals surface area contributed by atoms with Crippen molar-refractivity contribution in [2.75, 3.05) is 28.4 Å². The third-order valence-electron chi connectivity index (χ3n) is 4.15. The molecule has 0 aliphatic rings. The van der Waals surface area contributed by atoms with Crippen LogP contribution in [-0.4, -0.2) is 33.4 Å². The number of hydrogen-bond donors (Lipinski definition) is 0. The lowest BCUT2D eigenvalue weighted by Gasteiger charge is -2.18. The van der Waals surface area contributed by atoms with Crippen LogP contribution in [0.2, 0.25) is 0 Å². The summed E-state index contributed by atoms with van der Waals surface area (Å²) >= 11 is 0. The van der Waals surface area contributed by atoms with Gasteiger partial charge in [-0.3, -0.25) is 0 Å². The molecule has 5 heteroatoms. The van der Waals surface area contributed by atoms with Gasteiger partial charge in [0.05, 0.1) is 28.4 Å². The van der Waals surface area contributed by atoms with Crippen molar-refractivity contribution in [2.45, 2.75) is 6.42 Å². The van der Waals surface area contributed by atoms with Crippen molar-refractivity contribution < 1.29 is 18.9 Å². The van der Waals surface area contributed by atoms with Gasteiger partial charge in [0.1, 0.15) is 0 Å². The van der Waals surface area contributed by atoms with E-state index < -0.39 is 0 Å².